The Labute approximate surface area is 155 Å². The van der Waals surface area contributed by atoms with Crippen molar-refractivity contribution in [2.45, 2.75) is 52.4 Å². The fourth-order valence-corrected chi connectivity index (χ4v) is 3.38. The fraction of sp³-hybridized carbons (Fsp3) is 0.632. The molecule has 1 aromatic heterocycles. The largest absolute Gasteiger partial charge is 0.373 e. The average Bonchev–Trinajstić information content (AvgIpc) is 2.54. The summed E-state index contributed by atoms with van der Waals surface area (Å²) in [4.78, 5) is 30.9. The number of morpholine rings is 1. The minimum atomic E-state index is -0.220. The normalized spacial score (nSPS) is 22.0. The molecule has 0 bridgehead atoms. The molecule has 0 aromatic carbocycles. The van der Waals surface area contributed by atoms with Crippen molar-refractivity contribution in [1.82, 2.24) is 15.2 Å². The fourth-order valence-electron chi connectivity index (χ4n) is 3.38. The van der Waals surface area contributed by atoms with E-state index in [0.717, 1.165) is 13.1 Å². The number of ether oxygens (including phenoxy) is 1. The first-order valence-corrected chi connectivity index (χ1v) is 9.25. The minimum absolute atomic E-state index is 0.0352. The molecule has 3 unspecified atom stereocenters. The summed E-state index contributed by atoms with van der Waals surface area (Å²) in [6, 6.07) is 5.10. The lowest BCUT2D eigenvalue weighted by Crippen LogP contribution is -2.57. The van der Waals surface area contributed by atoms with Crippen LogP contribution in [0.4, 0.5) is 5.82 Å². The van der Waals surface area contributed by atoms with E-state index in [1.165, 1.54) is 0 Å². The molecular formula is C19H30N4O3. The third-order valence-corrected chi connectivity index (χ3v) is 4.33. The van der Waals surface area contributed by atoms with Crippen molar-refractivity contribution in [1.29, 1.82) is 0 Å². The van der Waals surface area contributed by atoms with Gasteiger partial charge in [0.25, 0.3) is 0 Å². The molecule has 2 rings (SSSR count). The summed E-state index contributed by atoms with van der Waals surface area (Å²) in [5.41, 5.74) is 0. The highest BCUT2D eigenvalue weighted by atomic mass is 16.5. The molecule has 0 aliphatic carbocycles. The Morgan fingerprint density at radius 3 is 2.54 bits per heavy atom. The second kappa shape index (κ2) is 9.64. The zero-order valence-corrected chi connectivity index (χ0v) is 16.1. The maximum absolute atomic E-state index is 12.7. The predicted molar refractivity (Wildman–Crippen MR) is 101 cm³/mol. The van der Waals surface area contributed by atoms with Crippen LogP contribution >= 0.6 is 0 Å². The number of anilines is 1. The van der Waals surface area contributed by atoms with Gasteiger partial charge in [-0.05, 0) is 31.9 Å². The number of nitrogens with one attached hydrogen (secondary N) is 2. The standard InChI is InChI=1S/C19H30N4O3/c1-13(2)18(23-11-14(3)26-15(4)12-23)19(25)21-10-8-17(24)22-16-7-5-6-9-20-16/h5-7,9,13-15,18H,8,10-12H2,1-4H3,(H,21,25)(H,20,22,24). The van der Waals surface area contributed by atoms with Crippen LogP contribution < -0.4 is 10.6 Å². The Bertz CT molecular complexity index is 584. The van der Waals surface area contributed by atoms with E-state index in [-0.39, 0.29) is 42.4 Å². The van der Waals surface area contributed by atoms with Gasteiger partial charge in [0.2, 0.25) is 11.8 Å². The van der Waals surface area contributed by atoms with Gasteiger partial charge < -0.3 is 15.4 Å². The lowest BCUT2D eigenvalue weighted by molar-refractivity contribution is -0.135. The summed E-state index contributed by atoms with van der Waals surface area (Å²) in [5, 5.41) is 5.62. The van der Waals surface area contributed by atoms with Crippen molar-refractivity contribution in [2.24, 2.45) is 5.92 Å². The maximum Gasteiger partial charge on any atom is 0.237 e. The van der Waals surface area contributed by atoms with Gasteiger partial charge in [-0.3, -0.25) is 14.5 Å². The molecule has 0 radical (unpaired) electrons. The zero-order chi connectivity index (χ0) is 19.1. The van der Waals surface area contributed by atoms with Crippen LogP contribution in [-0.2, 0) is 14.3 Å². The highest BCUT2D eigenvalue weighted by Crippen LogP contribution is 2.18. The molecule has 1 aliphatic rings. The number of carbonyl (C=O) groups excluding carboxylic acids is 2. The first-order valence-electron chi connectivity index (χ1n) is 9.25. The smallest absolute Gasteiger partial charge is 0.237 e. The molecule has 1 aliphatic heterocycles. The number of rotatable bonds is 7. The van der Waals surface area contributed by atoms with E-state index in [0.29, 0.717) is 12.4 Å². The van der Waals surface area contributed by atoms with Crippen LogP contribution in [0.25, 0.3) is 0 Å². The Kier molecular flexibility index (Phi) is 7.53. The molecular weight excluding hydrogens is 332 g/mol. The highest BCUT2D eigenvalue weighted by molar-refractivity contribution is 5.90. The van der Waals surface area contributed by atoms with E-state index in [1.807, 2.05) is 33.8 Å². The van der Waals surface area contributed by atoms with E-state index in [2.05, 4.69) is 20.5 Å². The van der Waals surface area contributed by atoms with Crippen LogP contribution in [0.3, 0.4) is 0 Å². The number of hydrogen-bond donors (Lipinski definition) is 2. The van der Waals surface area contributed by atoms with E-state index >= 15 is 0 Å². The van der Waals surface area contributed by atoms with Gasteiger partial charge in [-0.25, -0.2) is 4.98 Å². The van der Waals surface area contributed by atoms with Crippen molar-refractivity contribution in [3.63, 3.8) is 0 Å². The average molecular weight is 362 g/mol. The molecule has 0 spiro atoms. The monoisotopic (exact) mass is 362 g/mol. The van der Waals surface area contributed by atoms with Crippen LogP contribution in [0, 0.1) is 5.92 Å². The second-order valence-corrected chi connectivity index (χ2v) is 7.20. The summed E-state index contributed by atoms with van der Waals surface area (Å²) in [7, 11) is 0. The Morgan fingerprint density at radius 1 is 1.27 bits per heavy atom. The van der Waals surface area contributed by atoms with E-state index in [4.69, 9.17) is 4.74 Å². The molecule has 7 nitrogen and oxygen atoms in total. The minimum Gasteiger partial charge on any atom is -0.373 e. The van der Waals surface area contributed by atoms with Crippen molar-refractivity contribution >= 4 is 17.6 Å². The van der Waals surface area contributed by atoms with Crippen LogP contribution in [0.5, 0.6) is 0 Å². The highest BCUT2D eigenvalue weighted by Gasteiger charge is 2.33. The zero-order valence-electron chi connectivity index (χ0n) is 16.1. The van der Waals surface area contributed by atoms with Gasteiger partial charge in [0.1, 0.15) is 5.82 Å². The van der Waals surface area contributed by atoms with Crippen molar-refractivity contribution in [3.05, 3.63) is 24.4 Å². The van der Waals surface area contributed by atoms with Crippen LogP contribution in [-0.4, -0.2) is 59.6 Å². The van der Waals surface area contributed by atoms with Crippen molar-refractivity contribution in [2.75, 3.05) is 25.0 Å². The molecule has 2 amide bonds. The van der Waals surface area contributed by atoms with Crippen molar-refractivity contribution < 1.29 is 14.3 Å². The Morgan fingerprint density at radius 2 is 1.96 bits per heavy atom. The summed E-state index contributed by atoms with van der Waals surface area (Å²) < 4.78 is 5.76. The first-order chi connectivity index (χ1) is 12.4. The molecule has 2 N–H and O–H groups in total. The summed E-state index contributed by atoms with van der Waals surface area (Å²) >= 11 is 0. The van der Waals surface area contributed by atoms with Gasteiger partial charge in [-0.2, -0.15) is 0 Å². The number of aromatic nitrogens is 1. The van der Waals surface area contributed by atoms with Gasteiger partial charge in [-0.15, -0.1) is 0 Å². The van der Waals surface area contributed by atoms with Gasteiger partial charge in [0.15, 0.2) is 0 Å². The summed E-state index contributed by atoms with van der Waals surface area (Å²) in [6.45, 7) is 9.92. The molecule has 3 atom stereocenters. The molecule has 26 heavy (non-hydrogen) atoms. The third-order valence-electron chi connectivity index (χ3n) is 4.33. The van der Waals surface area contributed by atoms with Gasteiger partial charge >= 0.3 is 0 Å². The van der Waals surface area contributed by atoms with Crippen LogP contribution in [0.2, 0.25) is 0 Å². The third kappa shape index (κ3) is 6.07. The van der Waals surface area contributed by atoms with Gasteiger partial charge in [-0.1, -0.05) is 19.9 Å². The van der Waals surface area contributed by atoms with Gasteiger partial charge in [0.05, 0.1) is 18.2 Å². The number of nitrogens with zero attached hydrogens (tertiary/aromatic N) is 2. The molecule has 2 heterocycles. The molecule has 1 fully saturated rings. The molecule has 0 saturated carbocycles. The number of amides is 2. The van der Waals surface area contributed by atoms with Crippen LogP contribution in [0.15, 0.2) is 24.4 Å². The van der Waals surface area contributed by atoms with Crippen LogP contribution in [0.1, 0.15) is 34.1 Å². The Hall–Kier alpha value is -1.99. The lowest BCUT2D eigenvalue weighted by atomic mass is 9.99. The SMILES string of the molecule is CC1CN(C(C(=O)NCCC(=O)Nc2ccccn2)C(C)C)CC(C)O1. The topological polar surface area (TPSA) is 83.6 Å². The first kappa shape index (κ1) is 20.3. The van der Waals surface area contributed by atoms with Crippen molar-refractivity contribution in [3.8, 4) is 0 Å². The number of carbonyl (C=O) groups is 2. The molecule has 144 valence electrons. The van der Waals surface area contributed by atoms with E-state index in [1.54, 1.807) is 18.3 Å². The molecule has 7 heteroatoms. The quantitative estimate of drug-likeness (QED) is 0.771. The second-order valence-electron chi connectivity index (χ2n) is 7.20. The maximum atomic E-state index is 12.7. The van der Waals surface area contributed by atoms with Gasteiger partial charge in [0, 0.05) is 32.3 Å². The number of hydrogen-bond acceptors (Lipinski definition) is 5. The Balaban J connectivity index is 1.83. The summed E-state index contributed by atoms with van der Waals surface area (Å²) in [5.74, 6) is 0.487. The molecule has 1 aromatic rings. The molecule has 1 saturated heterocycles. The van der Waals surface area contributed by atoms with E-state index in [9.17, 15) is 9.59 Å². The van der Waals surface area contributed by atoms with E-state index < -0.39 is 0 Å². The summed E-state index contributed by atoms with van der Waals surface area (Å²) in [6.07, 6.45) is 2.05. The predicted octanol–water partition coefficient (Wildman–Crippen LogP) is 1.66. The number of pyridine rings is 1. The lowest BCUT2D eigenvalue weighted by Gasteiger charge is -2.41.